The fraction of sp³-hybridized carbons (Fsp3) is 0.182. The predicted molar refractivity (Wildman–Crippen MR) is 66.8 cm³/mol. The standard InChI is InChI=1S/C11H9BrClNO/c1-14-10-5-8(6-12)9(13)4-7(10)2-3-11(14)15/h2-5H,6H2,1H3. The number of benzene rings is 1. The molecule has 15 heavy (non-hydrogen) atoms. The van der Waals surface area contributed by atoms with Crippen molar-refractivity contribution in [2.24, 2.45) is 7.05 Å². The van der Waals surface area contributed by atoms with Crippen LogP contribution in [0, 0.1) is 0 Å². The van der Waals surface area contributed by atoms with Crippen LogP contribution in [0.5, 0.6) is 0 Å². The molecule has 0 aliphatic carbocycles. The molecule has 0 bridgehead atoms. The lowest BCUT2D eigenvalue weighted by Crippen LogP contribution is -2.15. The van der Waals surface area contributed by atoms with E-state index in [0.717, 1.165) is 21.5 Å². The molecule has 2 nitrogen and oxygen atoms in total. The van der Waals surface area contributed by atoms with Crippen LogP contribution in [0.1, 0.15) is 5.56 Å². The Labute approximate surface area is 101 Å². The van der Waals surface area contributed by atoms with Crippen molar-refractivity contribution in [1.82, 2.24) is 4.57 Å². The second kappa shape index (κ2) is 3.99. The SMILES string of the molecule is Cn1c(=O)ccc2cc(Cl)c(CBr)cc21. The fourth-order valence-electron chi connectivity index (χ4n) is 1.54. The lowest BCUT2D eigenvalue weighted by molar-refractivity contribution is 0.905. The Morgan fingerprint density at radius 2 is 2.13 bits per heavy atom. The molecule has 2 rings (SSSR count). The molecule has 4 heteroatoms. The van der Waals surface area contributed by atoms with Gasteiger partial charge < -0.3 is 4.57 Å². The number of halogens is 2. The van der Waals surface area contributed by atoms with E-state index in [1.165, 1.54) is 0 Å². The number of pyridine rings is 1. The van der Waals surface area contributed by atoms with Gasteiger partial charge in [0.2, 0.25) is 0 Å². The quantitative estimate of drug-likeness (QED) is 0.739. The molecule has 1 aromatic carbocycles. The zero-order valence-electron chi connectivity index (χ0n) is 8.13. The van der Waals surface area contributed by atoms with Crippen molar-refractivity contribution in [1.29, 1.82) is 0 Å². The van der Waals surface area contributed by atoms with Crippen LogP contribution in [0.25, 0.3) is 10.9 Å². The minimum Gasteiger partial charge on any atom is -0.311 e. The maximum Gasteiger partial charge on any atom is 0.250 e. The number of nitrogens with zero attached hydrogens (tertiary/aromatic N) is 1. The highest BCUT2D eigenvalue weighted by Gasteiger charge is 2.04. The summed E-state index contributed by atoms with van der Waals surface area (Å²) in [5, 5.41) is 2.38. The van der Waals surface area contributed by atoms with Gasteiger partial charge in [0.05, 0.1) is 5.52 Å². The molecule has 78 valence electrons. The van der Waals surface area contributed by atoms with E-state index in [9.17, 15) is 4.79 Å². The van der Waals surface area contributed by atoms with Gasteiger partial charge in [0.15, 0.2) is 0 Å². The first kappa shape index (κ1) is 10.7. The summed E-state index contributed by atoms with van der Waals surface area (Å²) in [5.74, 6) is 0. The van der Waals surface area contributed by atoms with Gasteiger partial charge in [-0.2, -0.15) is 0 Å². The summed E-state index contributed by atoms with van der Waals surface area (Å²) < 4.78 is 1.62. The van der Waals surface area contributed by atoms with Gasteiger partial charge in [-0.1, -0.05) is 27.5 Å². The lowest BCUT2D eigenvalue weighted by atomic mass is 10.1. The number of fused-ring (bicyclic) bond motifs is 1. The maximum atomic E-state index is 11.4. The summed E-state index contributed by atoms with van der Waals surface area (Å²) in [5.41, 5.74) is 1.89. The second-order valence-electron chi connectivity index (χ2n) is 3.37. The normalized spacial score (nSPS) is 10.9. The summed E-state index contributed by atoms with van der Waals surface area (Å²) >= 11 is 9.44. The summed E-state index contributed by atoms with van der Waals surface area (Å²) in [6.45, 7) is 0. The topological polar surface area (TPSA) is 22.0 Å². The Morgan fingerprint density at radius 3 is 2.80 bits per heavy atom. The van der Waals surface area contributed by atoms with Crippen LogP contribution in [-0.4, -0.2) is 4.57 Å². The van der Waals surface area contributed by atoms with Crippen LogP contribution in [0.3, 0.4) is 0 Å². The zero-order chi connectivity index (χ0) is 11.0. The molecule has 0 spiro atoms. The molecule has 0 amide bonds. The van der Waals surface area contributed by atoms with Crippen molar-refractivity contribution in [2.45, 2.75) is 5.33 Å². The smallest absolute Gasteiger partial charge is 0.250 e. The van der Waals surface area contributed by atoms with Gasteiger partial charge in [-0.25, -0.2) is 0 Å². The van der Waals surface area contributed by atoms with E-state index in [1.54, 1.807) is 23.7 Å². The molecule has 0 unspecified atom stereocenters. The summed E-state index contributed by atoms with van der Waals surface area (Å²) in [7, 11) is 1.76. The van der Waals surface area contributed by atoms with Gasteiger partial charge >= 0.3 is 0 Å². The predicted octanol–water partition coefficient (Wildman–Crippen LogP) is 3.09. The molecule has 0 saturated heterocycles. The highest BCUT2D eigenvalue weighted by molar-refractivity contribution is 9.08. The van der Waals surface area contributed by atoms with E-state index < -0.39 is 0 Å². The first-order valence-electron chi connectivity index (χ1n) is 4.47. The fourth-order valence-corrected chi connectivity index (χ4v) is 2.40. The molecule has 1 aromatic heterocycles. The first-order chi connectivity index (χ1) is 7.13. The monoisotopic (exact) mass is 285 g/mol. The highest BCUT2D eigenvalue weighted by atomic mass is 79.9. The van der Waals surface area contributed by atoms with Gasteiger partial charge in [-0.15, -0.1) is 0 Å². The summed E-state index contributed by atoms with van der Waals surface area (Å²) in [6.07, 6.45) is 0. The molecule has 0 aliphatic heterocycles. The van der Waals surface area contributed by atoms with E-state index in [2.05, 4.69) is 15.9 Å². The van der Waals surface area contributed by atoms with E-state index >= 15 is 0 Å². The average Bonchev–Trinajstić information content (AvgIpc) is 2.23. The van der Waals surface area contributed by atoms with Crippen LogP contribution in [0.2, 0.25) is 5.02 Å². The van der Waals surface area contributed by atoms with Crippen LogP contribution in [0.4, 0.5) is 0 Å². The third-order valence-electron chi connectivity index (χ3n) is 2.44. The van der Waals surface area contributed by atoms with E-state index in [-0.39, 0.29) is 5.56 Å². The Balaban J connectivity index is 2.88. The van der Waals surface area contributed by atoms with E-state index in [0.29, 0.717) is 5.33 Å². The number of hydrogen-bond donors (Lipinski definition) is 0. The van der Waals surface area contributed by atoms with Crippen LogP contribution in [0.15, 0.2) is 29.1 Å². The second-order valence-corrected chi connectivity index (χ2v) is 4.33. The van der Waals surface area contributed by atoms with Gasteiger partial charge in [-0.3, -0.25) is 4.79 Å². The number of aromatic nitrogens is 1. The van der Waals surface area contributed by atoms with Crippen molar-refractivity contribution in [3.63, 3.8) is 0 Å². The Bertz CT molecular complexity index is 577. The third kappa shape index (κ3) is 1.82. The third-order valence-corrected chi connectivity index (χ3v) is 3.39. The van der Waals surface area contributed by atoms with E-state index in [4.69, 9.17) is 11.6 Å². The van der Waals surface area contributed by atoms with Crippen molar-refractivity contribution < 1.29 is 0 Å². The van der Waals surface area contributed by atoms with Gasteiger partial charge in [-0.05, 0) is 29.1 Å². The largest absolute Gasteiger partial charge is 0.311 e. The maximum absolute atomic E-state index is 11.4. The molecule has 0 N–H and O–H groups in total. The van der Waals surface area contributed by atoms with Crippen LogP contribution >= 0.6 is 27.5 Å². The first-order valence-corrected chi connectivity index (χ1v) is 5.97. The Hall–Kier alpha value is -0.800. The highest BCUT2D eigenvalue weighted by Crippen LogP contribution is 2.24. The number of rotatable bonds is 1. The van der Waals surface area contributed by atoms with Gasteiger partial charge in [0.1, 0.15) is 0 Å². The average molecular weight is 287 g/mol. The van der Waals surface area contributed by atoms with E-state index in [1.807, 2.05) is 12.1 Å². The summed E-state index contributed by atoms with van der Waals surface area (Å²) in [4.78, 5) is 11.4. The van der Waals surface area contributed by atoms with Crippen molar-refractivity contribution in [2.75, 3.05) is 0 Å². The minimum absolute atomic E-state index is 0.00894. The van der Waals surface area contributed by atoms with Gasteiger partial charge in [0, 0.05) is 23.5 Å². The molecule has 0 radical (unpaired) electrons. The van der Waals surface area contributed by atoms with Crippen molar-refractivity contribution in [3.05, 3.63) is 45.2 Å². The Morgan fingerprint density at radius 1 is 1.40 bits per heavy atom. The molecular weight excluding hydrogens is 277 g/mol. The van der Waals surface area contributed by atoms with Crippen molar-refractivity contribution in [3.8, 4) is 0 Å². The minimum atomic E-state index is -0.00894. The molecule has 0 atom stereocenters. The lowest BCUT2D eigenvalue weighted by Gasteiger charge is -2.07. The van der Waals surface area contributed by atoms with Crippen molar-refractivity contribution >= 4 is 38.4 Å². The Kier molecular flexibility index (Phi) is 2.85. The van der Waals surface area contributed by atoms with Crippen LogP contribution in [-0.2, 0) is 12.4 Å². The number of aryl methyl sites for hydroxylation is 1. The molecular formula is C11H9BrClNO. The molecule has 0 saturated carbocycles. The molecule has 2 aromatic rings. The molecule has 1 heterocycles. The number of hydrogen-bond acceptors (Lipinski definition) is 1. The number of alkyl halides is 1. The molecule has 0 aliphatic rings. The zero-order valence-corrected chi connectivity index (χ0v) is 10.5. The molecule has 0 fully saturated rings. The van der Waals surface area contributed by atoms with Crippen LogP contribution < -0.4 is 5.56 Å². The van der Waals surface area contributed by atoms with Gasteiger partial charge in [0.25, 0.3) is 5.56 Å². The summed E-state index contributed by atoms with van der Waals surface area (Å²) in [6, 6.07) is 7.16.